The zero-order valence-corrected chi connectivity index (χ0v) is 22.8. The fourth-order valence-electron chi connectivity index (χ4n) is 3.94. The zero-order chi connectivity index (χ0) is 27.7. The van der Waals surface area contributed by atoms with E-state index in [2.05, 4.69) is 0 Å². The topological polar surface area (TPSA) is 90.0 Å². The second kappa shape index (κ2) is 14.1. The summed E-state index contributed by atoms with van der Waals surface area (Å²) in [5, 5.41) is 0.0146. The lowest BCUT2D eigenvalue weighted by molar-refractivity contribution is -0.140. The molecule has 3 rings (SSSR count). The summed E-state index contributed by atoms with van der Waals surface area (Å²) in [6.07, 6.45) is 2.49. The van der Waals surface area contributed by atoms with Gasteiger partial charge in [0, 0.05) is 21.6 Å². The second-order valence-electron chi connectivity index (χ2n) is 8.44. The van der Waals surface area contributed by atoms with Gasteiger partial charge >= 0.3 is 11.9 Å². The molecule has 7 nitrogen and oxygen atoms in total. The molecule has 0 aromatic heterocycles. The fourth-order valence-corrected chi connectivity index (χ4v) is 5.01. The van der Waals surface area contributed by atoms with Gasteiger partial charge in [0.2, 0.25) is 0 Å². The Hall–Kier alpha value is -3.17. The summed E-state index contributed by atoms with van der Waals surface area (Å²) >= 11 is 7.23. The highest BCUT2D eigenvalue weighted by atomic mass is 35.5. The van der Waals surface area contributed by atoms with E-state index in [1.807, 2.05) is 6.92 Å². The first-order valence-electron chi connectivity index (χ1n) is 12.4. The average molecular weight is 562 g/mol. The summed E-state index contributed by atoms with van der Waals surface area (Å²) in [6.45, 7) is 3.93. The first-order valence-corrected chi connectivity index (χ1v) is 13.7. The fraction of sp³-hybridized carbons (Fsp3) is 0.357. The highest BCUT2D eigenvalue weighted by Crippen LogP contribution is 2.36. The van der Waals surface area contributed by atoms with Gasteiger partial charge in [-0.25, -0.2) is 14.1 Å². The molecule has 0 atom stereocenters. The van der Waals surface area contributed by atoms with E-state index in [0.717, 1.165) is 22.7 Å². The standard InChI is InChI=1S/C28H29ClFNO6S/c1-3-14-37-28(35)20-13-9-8-12-19(20)27(34)31(26(33)18-10-6-5-7-11-18)23-16-24(21(29)15-22(23)30)38-17-25(32)36-4-2/h5-7,10-11,15-16H,3-4,8-9,12-14,17H2,1-2H3. The number of thioether (sulfide) groups is 1. The van der Waals surface area contributed by atoms with Crippen LogP contribution in [0.1, 0.15) is 56.3 Å². The lowest BCUT2D eigenvalue weighted by atomic mass is 9.90. The highest BCUT2D eigenvalue weighted by molar-refractivity contribution is 8.00. The van der Waals surface area contributed by atoms with Crippen LogP contribution in [0.25, 0.3) is 0 Å². The number of imide groups is 1. The SMILES string of the molecule is CCCOC(=O)C1=C(C(=O)N(C(=O)c2ccccc2)c2cc(SCC(=O)OCC)c(Cl)cc2F)CCCC1. The minimum atomic E-state index is -0.903. The van der Waals surface area contributed by atoms with Crippen LogP contribution in [0.5, 0.6) is 0 Å². The molecular weight excluding hydrogens is 533 g/mol. The first kappa shape index (κ1) is 29.4. The minimum absolute atomic E-state index is 0.0146. The number of rotatable bonds is 10. The second-order valence-corrected chi connectivity index (χ2v) is 9.86. The number of carbonyl (C=O) groups excluding carboxylic acids is 4. The number of nitrogens with zero attached hydrogens (tertiary/aromatic N) is 1. The molecular formula is C28H29ClFNO6S. The van der Waals surface area contributed by atoms with Crippen molar-refractivity contribution in [1.29, 1.82) is 0 Å². The summed E-state index contributed by atoms with van der Waals surface area (Å²) in [7, 11) is 0. The largest absolute Gasteiger partial charge is 0.465 e. The Morgan fingerprint density at radius 3 is 2.32 bits per heavy atom. The number of carbonyl (C=O) groups is 4. The Bertz CT molecular complexity index is 1230. The molecule has 0 aliphatic heterocycles. The molecule has 0 radical (unpaired) electrons. The Morgan fingerprint density at radius 2 is 1.66 bits per heavy atom. The Balaban J connectivity index is 2.10. The number of esters is 2. The summed E-state index contributed by atoms with van der Waals surface area (Å²) in [5.41, 5.74) is 0.143. The van der Waals surface area contributed by atoms with Crippen molar-refractivity contribution in [3.63, 3.8) is 0 Å². The van der Waals surface area contributed by atoms with Crippen LogP contribution < -0.4 is 4.90 Å². The first-order chi connectivity index (χ1) is 18.3. The highest BCUT2D eigenvalue weighted by Gasteiger charge is 2.34. The maximum atomic E-state index is 15.4. The van der Waals surface area contributed by atoms with Gasteiger partial charge in [-0.2, -0.15) is 0 Å². The van der Waals surface area contributed by atoms with Crippen molar-refractivity contribution in [3.05, 3.63) is 70.0 Å². The monoisotopic (exact) mass is 561 g/mol. The lowest BCUT2D eigenvalue weighted by Gasteiger charge is -2.26. The Morgan fingerprint density at radius 1 is 0.974 bits per heavy atom. The predicted octanol–water partition coefficient (Wildman–Crippen LogP) is 6.13. The van der Waals surface area contributed by atoms with Crippen LogP contribution in [0.15, 0.2) is 58.5 Å². The van der Waals surface area contributed by atoms with Gasteiger partial charge in [-0.05, 0) is 63.3 Å². The minimum Gasteiger partial charge on any atom is -0.465 e. The summed E-state index contributed by atoms with van der Waals surface area (Å²) in [4.78, 5) is 53.3. The molecule has 0 saturated heterocycles. The van der Waals surface area contributed by atoms with Crippen molar-refractivity contribution in [2.45, 2.75) is 50.8 Å². The van der Waals surface area contributed by atoms with Crippen LogP contribution in [0.3, 0.4) is 0 Å². The molecule has 0 saturated carbocycles. The lowest BCUT2D eigenvalue weighted by Crippen LogP contribution is -2.40. The third kappa shape index (κ3) is 7.23. The smallest absolute Gasteiger partial charge is 0.334 e. The van der Waals surface area contributed by atoms with Crippen molar-refractivity contribution in [1.82, 2.24) is 0 Å². The van der Waals surface area contributed by atoms with Crippen molar-refractivity contribution < 1.29 is 33.0 Å². The average Bonchev–Trinajstić information content (AvgIpc) is 2.92. The van der Waals surface area contributed by atoms with Gasteiger partial charge in [0.1, 0.15) is 5.82 Å². The van der Waals surface area contributed by atoms with E-state index in [4.69, 9.17) is 21.1 Å². The molecule has 0 spiro atoms. The van der Waals surface area contributed by atoms with E-state index in [1.165, 1.54) is 18.2 Å². The molecule has 0 unspecified atom stereocenters. The van der Waals surface area contributed by atoms with Gasteiger partial charge in [-0.1, -0.05) is 36.7 Å². The number of hydrogen-bond donors (Lipinski definition) is 0. The van der Waals surface area contributed by atoms with Crippen molar-refractivity contribution in [2.75, 3.05) is 23.9 Å². The molecule has 1 aliphatic carbocycles. The molecule has 2 aromatic rings. The summed E-state index contributed by atoms with van der Waals surface area (Å²) < 4.78 is 25.6. The third-order valence-electron chi connectivity index (χ3n) is 5.73. The quantitative estimate of drug-likeness (QED) is 0.196. The van der Waals surface area contributed by atoms with E-state index in [0.29, 0.717) is 25.7 Å². The van der Waals surface area contributed by atoms with Gasteiger partial charge in [0.25, 0.3) is 11.8 Å². The third-order valence-corrected chi connectivity index (χ3v) is 7.18. The van der Waals surface area contributed by atoms with Crippen molar-refractivity contribution >= 4 is 52.8 Å². The number of ether oxygens (including phenoxy) is 2. The van der Waals surface area contributed by atoms with Crippen LogP contribution in [0.4, 0.5) is 10.1 Å². The molecule has 202 valence electrons. The number of benzene rings is 2. The summed E-state index contributed by atoms with van der Waals surface area (Å²) in [6, 6.07) is 10.2. The van der Waals surface area contributed by atoms with Crippen molar-refractivity contribution in [3.8, 4) is 0 Å². The number of halogens is 2. The zero-order valence-electron chi connectivity index (χ0n) is 21.3. The molecule has 0 N–H and O–H groups in total. The van der Waals surface area contributed by atoms with Gasteiger partial charge in [-0.15, -0.1) is 11.8 Å². The predicted molar refractivity (Wildman–Crippen MR) is 144 cm³/mol. The molecule has 0 heterocycles. The van der Waals surface area contributed by atoms with Crippen LogP contribution in [-0.4, -0.2) is 42.7 Å². The Kier molecular flexibility index (Phi) is 10.9. The van der Waals surface area contributed by atoms with Gasteiger partial charge in [-0.3, -0.25) is 14.4 Å². The summed E-state index contributed by atoms with van der Waals surface area (Å²) in [5.74, 6) is -3.67. The molecule has 10 heteroatoms. The molecule has 2 amide bonds. The number of amides is 2. The van der Waals surface area contributed by atoms with Crippen LogP contribution in [0, 0.1) is 5.82 Å². The van der Waals surface area contributed by atoms with E-state index >= 15 is 4.39 Å². The molecule has 0 fully saturated rings. The van der Waals surface area contributed by atoms with Crippen LogP contribution >= 0.6 is 23.4 Å². The number of hydrogen-bond acceptors (Lipinski definition) is 7. The molecule has 1 aliphatic rings. The van der Waals surface area contributed by atoms with E-state index in [1.54, 1.807) is 25.1 Å². The maximum absolute atomic E-state index is 15.4. The van der Waals surface area contributed by atoms with Crippen LogP contribution in [-0.2, 0) is 23.9 Å². The van der Waals surface area contributed by atoms with Crippen molar-refractivity contribution in [2.24, 2.45) is 0 Å². The Labute approximate surface area is 230 Å². The normalized spacial score (nSPS) is 13.2. The molecule has 2 aromatic carbocycles. The van der Waals surface area contributed by atoms with E-state index < -0.39 is 29.6 Å². The van der Waals surface area contributed by atoms with Gasteiger partial charge < -0.3 is 9.47 Å². The van der Waals surface area contributed by atoms with Crippen LogP contribution in [0.2, 0.25) is 5.02 Å². The van der Waals surface area contributed by atoms with E-state index in [9.17, 15) is 19.2 Å². The molecule has 0 bridgehead atoms. The van der Waals surface area contributed by atoms with E-state index in [-0.39, 0.29) is 57.7 Å². The van der Waals surface area contributed by atoms with Gasteiger partial charge in [0.05, 0.1) is 29.7 Å². The number of anilines is 1. The maximum Gasteiger partial charge on any atom is 0.334 e. The molecule has 38 heavy (non-hydrogen) atoms. The van der Waals surface area contributed by atoms with Gasteiger partial charge in [0.15, 0.2) is 0 Å².